The molecule has 1 aliphatic carbocycles. The van der Waals surface area contributed by atoms with Crippen LogP contribution in [-0.4, -0.2) is 31.2 Å². The van der Waals surface area contributed by atoms with Crippen molar-refractivity contribution in [1.29, 1.82) is 0 Å². The third-order valence-electron chi connectivity index (χ3n) is 4.20. The van der Waals surface area contributed by atoms with Crippen molar-refractivity contribution in [3.05, 3.63) is 0 Å². The third-order valence-corrected chi connectivity index (χ3v) is 4.71. The van der Waals surface area contributed by atoms with Crippen molar-refractivity contribution in [1.82, 2.24) is 5.32 Å². The molecule has 0 aromatic heterocycles. The molecule has 1 N–H and O–H groups in total. The molecule has 0 radical (unpaired) electrons. The first-order chi connectivity index (χ1) is 7.85. The normalized spacial score (nSPS) is 26.8. The first kappa shape index (κ1) is 12.7. The molecule has 1 heterocycles. The van der Waals surface area contributed by atoms with E-state index in [1.807, 2.05) is 0 Å². The molecule has 1 saturated heterocycles. The molecule has 1 aliphatic heterocycles. The lowest BCUT2D eigenvalue weighted by Crippen LogP contribution is -2.52. The minimum atomic E-state index is 0.164. The molecule has 0 atom stereocenters. The Morgan fingerprint density at radius 1 is 1.12 bits per heavy atom. The molecular weight excluding hydrogens is 222 g/mol. The van der Waals surface area contributed by atoms with Crippen LogP contribution < -0.4 is 5.32 Å². The highest BCUT2D eigenvalue weighted by Crippen LogP contribution is 2.26. The Labute approximate surface area is 104 Å². The lowest BCUT2D eigenvalue weighted by molar-refractivity contribution is 0.0443. The predicted molar refractivity (Wildman–Crippen MR) is 68.1 cm³/mol. The van der Waals surface area contributed by atoms with Gasteiger partial charge in [0.25, 0.3) is 0 Å². The Morgan fingerprint density at radius 3 is 2.44 bits per heavy atom. The number of ether oxygens (including phenoxy) is 1. The van der Waals surface area contributed by atoms with Crippen molar-refractivity contribution in [2.45, 2.75) is 50.5 Å². The molecule has 1 saturated carbocycles. The van der Waals surface area contributed by atoms with E-state index in [2.05, 4.69) is 5.32 Å². The zero-order valence-corrected chi connectivity index (χ0v) is 10.9. The van der Waals surface area contributed by atoms with Crippen molar-refractivity contribution in [3.8, 4) is 0 Å². The summed E-state index contributed by atoms with van der Waals surface area (Å²) in [5.74, 6) is 1.61. The molecule has 3 heteroatoms. The molecule has 2 nitrogen and oxygen atoms in total. The maximum absolute atomic E-state index is 6.14. The molecule has 16 heavy (non-hydrogen) atoms. The van der Waals surface area contributed by atoms with E-state index in [0.717, 1.165) is 44.4 Å². The third kappa shape index (κ3) is 3.35. The van der Waals surface area contributed by atoms with Crippen LogP contribution in [0.4, 0.5) is 0 Å². The summed E-state index contributed by atoms with van der Waals surface area (Å²) in [6.07, 6.45) is 9.23. The van der Waals surface area contributed by atoms with Gasteiger partial charge in [0.1, 0.15) is 0 Å². The molecule has 94 valence electrons. The predicted octanol–water partition coefficient (Wildman–Crippen LogP) is 2.94. The van der Waals surface area contributed by atoms with Gasteiger partial charge in [0, 0.05) is 24.6 Å². The van der Waals surface area contributed by atoms with Crippen LogP contribution in [0.2, 0.25) is 0 Å². The van der Waals surface area contributed by atoms with Gasteiger partial charge in [0.15, 0.2) is 0 Å². The van der Waals surface area contributed by atoms with E-state index in [-0.39, 0.29) is 5.54 Å². The number of nitrogens with one attached hydrogen (secondary N) is 1. The van der Waals surface area contributed by atoms with Gasteiger partial charge in [-0.05, 0) is 38.1 Å². The van der Waals surface area contributed by atoms with Gasteiger partial charge in [0.2, 0.25) is 0 Å². The van der Waals surface area contributed by atoms with Crippen molar-refractivity contribution in [2.24, 2.45) is 5.92 Å². The van der Waals surface area contributed by atoms with Gasteiger partial charge >= 0.3 is 0 Å². The first-order valence-electron chi connectivity index (χ1n) is 6.73. The van der Waals surface area contributed by atoms with Crippen molar-refractivity contribution in [3.63, 3.8) is 0 Å². The lowest BCUT2D eigenvalue weighted by Gasteiger charge is -2.38. The van der Waals surface area contributed by atoms with Crippen LogP contribution in [0.25, 0.3) is 0 Å². The zero-order chi connectivity index (χ0) is 11.3. The number of rotatable bonds is 4. The number of halogens is 1. The summed E-state index contributed by atoms with van der Waals surface area (Å²) in [5.41, 5.74) is 0.164. The fourth-order valence-electron chi connectivity index (χ4n) is 2.87. The quantitative estimate of drug-likeness (QED) is 0.769. The van der Waals surface area contributed by atoms with Crippen molar-refractivity contribution >= 4 is 11.6 Å². The largest absolute Gasteiger partial charge is 0.381 e. The van der Waals surface area contributed by atoms with Gasteiger partial charge < -0.3 is 10.1 Å². The number of hydrogen-bond donors (Lipinski definition) is 1. The average molecular weight is 246 g/mol. The summed E-state index contributed by atoms with van der Waals surface area (Å²) >= 11 is 6.14. The second-order valence-corrected chi connectivity index (χ2v) is 5.68. The first-order valence-corrected chi connectivity index (χ1v) is 7.27. The Hall–Kier alpha value is 0.210. The van der Waals surface area contributed by atoms with E-state index in [0.29, 0.717) is 0 Å². The van der Waals surface area contributed by atoms with Crippen LogP contribution in [0.15, 0.2) is 0 Å². The lowest BCUT2D eigenvalue weighted by atomic mass is 9.87. The van der Waals surface area contributed by atoms with E-state index in [9.17, 15) is 0 Å². The zero-order valence-electron chi connectivity index (χ0n) is 10.1. The Bertz CT molecular complexity index is 198. The summed E-state index contributed by atoms with van der Waals surface area (Å²) in [4.78, 5) is 0. The smallest absolute Gasteiger partial charge is 0.0484 e. The van der Waals surface area contributed by atoms with Crippen LogP contribution >= 0.6 is 11.6 Å². The van der Waals surface area contributed by atoms with Gasteiger partial charge in [-0.15, -0.1) is 11.6 Å². The number of alkyl halides is 1. The minimum Gasteiger partial charge on any atom is -0.381 e. The Morgan fingerprint density at radius 2 is 1.81 bits per heavy atom. The topological polar surface area (TPSA) is 21.3 Å². The van der Waals surface area contributed by atoms with Gasteiger partial charge in [-0.1, -0.05) is 19.3 Å². The summed E-state index contributed by atoms with van der Waals surface area (Å²) in [5, 5.41) is 3.74. The van der Waals surface area contributed by atoms with E-state index in [1.165, 1.54) is 32.1 Å². The van der Waals surface area contributed by atoms with Gasteiger partial charge in [-0.3, -0.25) is 0 Å². The van der Waals surface area contributed by atoms with Gasteiger partial charge in [0.05, 0.1) is 0 Å². The second kappa shape index (κ2) is 6.23. The molecule has 2 fully saturated rings. The monoisotopic (exact) mass is 245 g/mol. The minimum absolute atomic E-state index is 0.164. The maximum Gasteiger partial charge on any atom is 0.0484 e. The van der Waals surface area contributed by atoms with E-state index >= 15 is 0 Å². The van der Waals surface area contributed by atoms with E-state index in [1.54, 1.807) is 0 Å². The highest BCUT2D eigenvalue weighted by atomic mass is 35.5. The highest BCUT2D eigenvalue weighted by molar-refractivity contribution is 6.18. The van der Waals surface area contributed by atoms with E-state index in [4.69, 9.17) is 16.3 Å². The maximum atomic E-state index is 6.14. The molecule has 0 amide bonds. The van der Waals surface area contributed by atoms with Crippen LogP contribution in [0.3, 0.4) is 0 Å². The van der Waals surface area contributed by atoms with Gasteiger partial charge in [-0.25, -0.2) is 0 Å². The number of hydrogen-bond acceptors (Lipinski definition) is 2. The Balaban J connectivity index is 1.77. The standard InChI is InChI=1S/C13H24ClNO/c14-11-13(6-8-16-9-7-13)15-10-12-4-2-1-3-5-12/h12,15H,1-11H2. The Kier molecular flexibility index (Phi) is 4.93. The molecule has 2 aliphatic rings. The fraction of sp³-hybridized carbons (Fsp3) is 1.00. The van der Waals surface area contributed by atoms with Crippen LogP contribution in [0.5, 0.6) is 0 Å². The van der Waals surface area contributed by atoms with Crippen molar-refractivity contribution < 1.29 is 4.74 Å². The van der Waals surface area contributed by atoms with E-state index < -0.39 is 0 Å². The van der Waals surface area contributed by atoms with Crippen LogP contribution in [0, 0.1) is 5.92 Å². The summed E-state index contributed by atoms with van der Waals surface area (Å²) in [7, 11) is 0. The molecule has 0 aromatic carbocycles. The highest BCUT2D eigenvalue weighted by Gasteiger charge is 2.31. The van der Waals surface area contributed by atoms with Gasteiger partial charge in [-0.2, -0.15) is 0 Å². The van der Waals surface area contributed by atoms with Crippen LogP contribution in [-0.2, 0) is 4.74 Å². The van der Waals surface area contributed by atoms with Crippen molar-refractivity contribution in [2.75, 3.05) is 25.6 Å². The molecule has 2 rings (SSSR count). The molecule has 0 aromatic rings. The molecular formula is C13H24ClNO. The fourth-order valence-corrected chi connectivity index (χ4v) is 3.23. The SMILES string of the molecule is ClCC1(NCC2CCCCC2)CCOCC1. The van der Waals surface area contributed by atoms with Crippen LogP contribution in [0.1, 0.15) is 44.9 Å². The molecule has 0 bridgehead atoms. The molecule has 0 spiro atoms. The molecule has 0 unspecified atom stereocenters. The average Bonchev–Trinajstić information content (AvgIpc) is 2.39. The summed E-state index contributed by atoms with van der Waals surface area (Å²) in [6.45, 7) is 2.89. The summed E-state index contributed by atoms with van der Waals surface area (Å²) in [6, 6.07) is 0. The second-order valence-electron chi connectivity index (χ2n) is 5.41. The summed E-state index contributed by atoms with van der Waals surface area (Å²) < 4.78 is 5.42.